The Labute approximate surface area is 110 Å². The molecule has 0 fully saturated rings. The third-order valence-corrected chi connectivity index (χ3v) is 2.78. The van der Waals surface area contributed by atoms with E-state index in [1.165, 1.54) is 12.1 Å². The molecule has 0 aliphatic carbocycles. The predicted molar refractivity (Wildman–Crippen MR) is 69.9 cm³/mol. The molecular formula is C15H15F2NO. The first-order valence-electron chi connectivity index (χ1n) is 6.07. The average Bonchev–Trinajstić information content (AvgIpc) is 2.36. The fraction of sp³-hybridized carbons (Fsp3) is 0.200. The van der Waals surface area contributed by atoms with Gasteiger partial charge >= 0.3 is 0 Å². The summed E-state index contributed by atoms with van der Waals surface area (Å²) in [5, 5.41) is 12.3. The van der Waals surface area contributed by atoms with Crippen molar-refractivity contribution in [3.63, 3.8) is 0 Å². The molecule has 2 nitrogen and oxygen atoms in total. The van der Waals surface area contributed by atoms with E-state index in [1.54, 1.807) is 12.1 Å². The van der Waals surface area contributed by atoms with Gasteiger partial charge in [-0.25, -0.2) is 8.78 Å². The fourth-order valence-corrected chi connectivity index (χ4v) is 1.83. The molecule has 0 atom stereocenters. The van der Waals surface area contributed by atoms with Gasteiger partial charge in [-0.15, -0.1) is 0 Å². The summed E-state index contributed by atoms with van der Waals surface area (Å²) < 4.78 is 25.9. The summed E-state index contributed by atoms with van der Waals surface area (Å²) in [5.41, 5.74) is 1.68. The van der Waals surface area contributed by atoms with Gasteiger partial charge in [-0.05, 0) is 48.4 Å². The first-order valence-corrected chi connectivity index (χ1v) is 6.07. The van der Waals surface area contributed by atoms with Crippen LogP contribution in [0.5, 0.6) is 5.75 Å². The zero-order valence-electron chi connectivity index (χ0n) is 10.4. The van der Waals surface area contributed by atoms with Crippen molar-refractivity contribution in [3.8, 4) is 5.75 Å². The molecule has 0 bridgehead atoms. The molecule has 19 heavy (non-hydrogen) atoms. The van der Waals surface area contributed by atoms with E-state index in [0.717, 1.165) is 11.6 Å². The van der Waals surface area contributed by atoms with Crippen LogP contribution in [0.15, 0.2) is 42.5 Å². The molecule has 2 rings (SSSR count). The number of benzene rings is 2. The van der Waals surface area contributed by atoms with Crippen LogP contribution in [0.1, 0.15) is 11.1 Å². The summed E-state index contributed by atoms with van der Waals surface area (Å²) in [5.74, 6) is -0.860. The summed E-state index contributed by atoms with van der Waals surface area (Å²) in [6.07, 6.45) is 0.562. The van der Waals surface area contributed by atoms with Gasteiger partial charge in [-0.3, -0.25) is 0 Å². The van der Waals surface area contributed by atoms with E-state index in [-0.39, 0.29) is 5.75 Å². The average molecular weight is 263 g/mol. The monoisotopic (exact) mass is 263 g/mol. The van der Waals surface area contributed by atoms with Gasteiger partial charge in [0.25, 0.3) is 0 Å². The highest BCUT2D eigenvalue weighted by Crippen LogP contribution is 2.10. The molecular weight excluding hydrogens is 248 g/mol. The Hall–Kier alpha value is -1.94. The normalized spacial score (nSPS) is 10.6. The van der Waals surface area contributed by atoms with Crippen LogP contribution in [0.25, 0.3) is 0 Å². The van der Waals surface area contributed by atoms with Crippen molar-refractivity contribution in [3.05, 3.63) is 65.2 Å². The van der Waals surface area contributed by atoms with Gasteiger partial charge in [-0.1, -0.05) is 12.1 Å². The molecule has 0 amide bonds. The second kappa shape index (κ2) is 6.29. The molecule has 4 heteroatoms. The number of phenolic OH excluding ortho intramolecular Hbond substituents is 1. The Bertz CT molecular complexity index is 520. The third kappa shape index (κ3) is 4.34. The Morgan fingerprint density at radius 3 is 2.16 bits per heavy atom. The summed E-state index contributed by atoms with van der Waals surface area (Å²) in [6, 6.07) is 10.4. The summed E-state index contributed by atoms with van der Waals surface area (Å²) in [7, 11) is 0. The van der Waals surface area contributed by atoms with E-state index in [4.69, 9.17) is 5.11 Å². The highest BCUT2D eigenvalue weighted by atomic mass is 19.1. The highest BCUT2D eigenvalue weighted by Gasteiger charge is 2.00. The van der Waals surface area contributed by atoms with Crippen molar-refractivity contribution in [2.45, 2.75) is 13.0 Å². The lowest BCUT2D eigenvalue weighted by Gasteiger charge is -2.06. The zero-order valence-corrected chi connectivity index (χ0v) is 10.4. The van der Waals surface area contributed by atoms with Gasteiger partial charge in [0.1, 0.15) is 17.4 Å². The molecule has 0 unspecified atom stereocenters. The van der Waals surface area contributed by atoms with Crippen molar-refractivity contribution in [2.75, 3.05) is 6.54 Å². The van der Waals surface area contributed by atoms with E-state index in [2.05, 4.69) is 5.32 Å². The van der Waals surface area contributed by atoms with E-state index in [1.807, 2.05) is 12.1 Å². The standard InChI is InChI=1S/C15H15F2NO/c16-13-7-12(8-14(17)9-13)5-6-18-10-11-1-3-15(19)4-2-11/h1-4,7-9,18-19H,5-6,10H2. The molecule has 0 saturated carbocycles. The molecule has 2 aromatic carbocycles. The molecule has 2 aromatic rings. The van der Waals surface area contributed by atoms with Gasteiger partial charge in [-0.2, -0.15) is 0 Å². The second-order valence-electron chi connectivity index (χ2n) is 4.37. The van der Waals surface area contributed by atoms with Crippen LogP contribution in [-0.4, -0.2) is 11.7 Å². The maximum absolute atomic E-state index is 13.0. The maximum atomic E-state index is 13.0. The van der Waals surface area contributed by atoms with Crippen molar-refractivity contribution >= 4 is 0 Å². The molecule has 0 aromatic heterocycles. The third-order valence-electron chi connectivity index (χ3n) is 2.78. The number of hydrogen-bond donors (Lipinski definition) is 2. The second-order valence-corrected chi connectivity index (χ2v) is 4.37. The SMILES string of the molecule is Oc1ccc(CNCCc2cc(F)cc(F)c2)cc1. The Morgan fingerprint density at radius 2 is 1.53 bits per heavy atom. The quantitative estimate of drug-likeness (QED) is 0.813. The van der Waals surface area contributed by atoms with E-state index in [0.29, 0.717) is 25.1 Å². The Balaban J connectivity index is 1.79. The van der Waals surface area contributed by atoms with Crippen LogP contribution in [-0.2, 0) is 13.0 Å². The Kier molecular flexibility index (Phi) is 4.47. The van der Waals surface area contributed by atoms with Gasteiger partial charge in [0, 0.05) is 12.6 Å². The topological polar surface area (TPSA) is 32.3 Å². The van der Waals surface area contributed by atoms with Crippen LogP contribution in [0.2, 0.25) is 0 Å². The van der Waals surface area contributed by atoms with Crippen LogP contribution >= 0.6 is 0 Å². The number of aromatic hydroxyl groups is 1. The number of hydrogen-bond acceptors (Lipinski definition) is 2. The van der Waals surface area contributed by atoms with Crippen molar-refractivity contribution < 1.29 is 13.9 Å². The van der Waals surface area contributed by atoms with Crippen LogP contribution in [0.4, 0.5) is 8.78 Å². The van der Waals surface area contributed by atoms with Crippen molar-refractivity contribution in [1.82, 2.24) is 5.32 Å². The van der Waals surface area contributed by atoms with Crippen LogP contribution in [0.3, 0.4) is 0 Å². The largest absolute Gasteiger partial charge is 0.508 e. The molecule has 0 spiro atoms. The number of rotatable bonds is 5. The number of halogens is 2. The van der Waals surface area contributed by atoms with Gasteiger partial charge in [0.2, 0.25) is 0 Å². The van der Waals surface area contributed by atoms with Crippen molar-refractivity contribution in [2.24, 2.45) is 0 Å². The van der Waals surface area contributed by atoms with Crippen molar-refractivity contribution in [1.29, 1.82) is 0 Å². The van der Waals surface area contributed by atoms with E-state index in [9.17, 15) is 8.78 Å². The summed E-state index contributed by atoms with van der Waals surface area (Å²) >= 11 is 0. The lowest BCUT2D eigenvalue weighted by Crippen LogP contribution is -2.16. The summed E-state index contributed by atoms with van der Waals surface area (Å²) in [6.45, 7) is 1.28. The molecule has 0 radical (unpaired) electrons. The molecule has 100 valence electrons. The smallest absolute Gasteiger partial charge is 0.126 e. The minimum Gasteiger partial charge on any atom is -0.508 e. The Morgan fingerprint density at radius 1 is 0.895 bits per heavy atom. The number of nitrogens with one attached hydrogen (secondary N) is 1. The van der Waals surface area contributed by atoms with Gasteiger partial charge < -0.3 is 10.4 Å². The van der Waals surface area contributed by atoms with E-state index < -0.39 is 11.6 Å². The first kappa shape index (κ1) is 13.5. The molecule has 2 N–H and O–H groups in total. The van der Waals surface area contributed by atoms with Gasteiger partial charge in [0.15, 0.2) is 0 Å². The highest BCUT2D eigenvalue weighted by molar-refractivity contribution is 5.25. The molecule has 0 heterocycles. The fourth-order valence-electron chi connectivity index (χ4n) is 1.83. The lowest BCUT2D eigenvalue weighted by molar-refractivity contribution is 0.475. The number of phenols is 1. The molecule has 0 aliphatic heterocycles. The summed E-state index contributed by atoms with van der Waals surface area (Å²) in [4.78, 5) is 0. The van der Waals surface area contributed by atoms with Crippen LogP contribution in [0, 0.1) is 11.6 Å². The minimum atomic E-state index is -0.548. The molecule has 0 aliphatic rings. The first-order chi connectivity index (χ1) is 9.13. The van der Waals surface area contributed by atoms with E-state index >= 15 is 0 Å². The van der Waals surface area contributed by atoms with Crippen LogP contribution < -0.4 is 5.32 Å². The molecule has 0 saturated heterocycles. The minimum absolute atomic E-state index is 0.235. The van der Waals surface area contributed by atoms with Gasteiger partial charge in [0.05, 0.1) is 0 Å². The lowest BCUT2D eigenvalue weighted by atomic mass is 10.1. The zero-order chi connectivity index (χ0) is 13.7. The predicted octanol–water partition coefficient (Wildman–Crippen LogP) is 3.00. The maximum Gasteiger partial charge on any atom is 0.126 e.